The van der Waals surface area contributed by atoms with Crippen molar-refractivity contribution in [2.45, 2.75) is 39.3 Å². The number of nitrogens with zero attached hydrogens (tertiary/aromatic N) is 1. The maximum Gasteiger partial charge on any atom is 0.138 e. The monoisotopic (exact) mass is 197 g/mol. The average Bonchev–Trinajstić information content (AvgIpc) is 2.60. The van der Waals surface area contributed by atoms with Crippen LogP contribution in [0.15, 0.2) is 10.7 Å². The maximum atomic E-state index is 5.81. The zero-order valence-electron chi connectivity index (χ0n) is 9.08. The van der Waals surface area contributed by atoms with Gasteiger partial charge in [-0.25, -0.2) is 0 Å². The summed E-state index contributed by atoms with van der Waals surface area (Å²) in [6.07, 6.45) is 2.74. The van der Waals surface area contributed by atoms with Gasteiger partial charge in [0, 0.05) is 24.2 Å². The predicted molar refractivity (Wildman–Crippen MR) is 55.9 cm³/mol. The summed E-state index contributed by atoms with van der Waals surface area (Å²) in [6, 6.07) is 0.469. The van der Waals surface area contributed by atoms with Gasteiger partial charge in [-0.15, -0.1) is 0 Å². The molecule has 4 heteroatoms. The molecule has 0 fully saturated rings. The van der Waals surface area contributed by atoms with Gasteiger partial charge in [-0.3, -0.25) is 0 Å². The molecule has 1 aromatic rings. The van der Waals surface area contributed by atoms with Crippen molar-refractivity contribution in [3.8, 4) is 0 Å². The van der Waals surface area contributed by atoms with Gasteiger partial charge in [-0.2, -0.15) is 0 Å². The molecule has 0 aliphatic rings. The molecule has 0 spiro atoms. The van der Waals surface area contributed by atoms with Crippen molar-refractivity contribution < 1.29 is 4.52 Å². The van der Waals surface area contributed by atoms with E-state index in [9.17, 15) is 0 Å². The van der Waals surface area contributed by atoms with Crippen LogP contribution in [0.1, 0.15) is 37.6 Å². The third-order valence-corrected chi connectivity index (χ3v) is 2.47. The molecule has 0 aromatic carbocycles. The van der Waals surface area contributed by atoms with Crippen LogP contribution in [0.4, 0.5) is 0 Å². The summed E-state index contributed by atoms with van der Waals surface area (Å²) >= 11 is 0. The third-order valence-electron chi connectivity index (χ3n) is 2.47. The number of hydrogen-bond donors (Lipinski definition) is 2. The van der Waals surface area contributed by atoms with Crippen molar-refractivity contribution in [3.63, 3.8) is 0 Å². The lowest BCUT2D eigenvalue weighted by molar-refractivity contribution is 0.393. The van der Waals surface area contributed by atoms with E-state index in [4.69, 9.17) is 10.3 Å². The molecule has 2 unspecified atom stereocenters. The van der Waals surface area contributed by atoms with Crippen LogP contribution in [0.25, 0.3) is 0 Å². The van der Waals surface area contributed by atoms with Crippen molar-refractivity contribution in [3.05, 3.63) is 17.5 Å². The number of hydrogen-bond acceptors (Lipinski definition) is 4. The molecule has 1 heterocycles. The molecule has 0 amide bonds. The van der Waals surface area contributed by atoms with Gasteiger partial charge in [0.05, 0.1) is 6.20 Å². The van der Waals surface area contributed by atoms with Crippen LogP contribution in [-0.2, 0) is 0 Å². The standard InChI is InChI=1S/C10H19N3O/c1-4-9(11)5-12-7(2)10-6-13-14-8(10)3/h6-7,9,12H,4-5,11H2,1-3H3. The summed E-state index contributed by atoms with van der Waals surface area (Å²) in [6.45, 7) is 6.91. The largest absolute Gasteiger partial charge is 0.361 e. The Balaban J connectivity index is 2.43. The van der Waals surface area contributed by atoms with Crippen LogP contribution in [0, 0.1) is 6.92 Å². The van der Waals surface area contributed by atoms with Gasteiger partial charge >= 0.3 is 0 Å². The molecule has 0 aliphatic carbocycles. The average molecular weight is 197 g/mol. The van der Waals surface area contributed by atoms with Crippen LogP contribution in [0.3, 0.4) is 0 Å². The first-order valence-electron chi connectivity index (χ1n) is 5.05. The third kappa shape index (κ3) is 2.82. The highest BCUT2D eigenvalue weighted by Gasteiger charge is 2.11. The molecule has 2 atom stereocenters. The molecule has 80 valence electrons. The van der Waals surface area contributed by atoms with Crippen LogP contribution in [0.2, 0.25) is 0 Å². The van der Waals surface area contributed by atoms with E-state index < -0.39 is 0 Å². The van der Waals surface area contributed by atoms with E-state index in [1.54, 1.807) is 6.20 Å². The van der Waals surface area contributed by atoms with Gasteiger partial charge in [-0.05, 0) is 20.3 Å². The fourth-order valence-electron chi connectivity index (χ4n) is 1.30. The Morgan fingerprint density at radius 3 is 2.86 bits per heavy atom. The van der Waals surface area contributed by atoms with Crippen LogP contribution < -0.4 is 11.1 Å². The van der Waals surface area contributed by atoms with Gasteiger partial charge < -0.3 is 15.6 Å². The normalized spacial score (nSPS) is 15.4. The summed E-state index contributed by atoms with van der Waals surface area (Å²) < 4.78 is 5.00. The SMILES string of the molecule is CCC(N)CNC(C)c1cnoc1C. The van der Waals surface area contributed by atoms with Gasteiger partial charge in [0.1, 0.15) is 5.76 Å². The predicted octanol–water partition coefficient (Wildman–Crippen LogP) is 1.37. The number of aromatic nitrogens is 1. The molecule has 0 saturated carbocycles. The molecule has 0 radical (unpaired) electrons. The second kappa shape index (κ2) is 5.12. The van der Waals surface area contributed by atoms with E-state index in [1.165, 1.54) is 0 Å². The minimum Gasteiger partial charge on any atom is -0.361 e. The fraction of sp³-hybridized carbons (Fsp3) is 0.700. The maximum absolute atomic E-state index is 5.81. The van der Waals surface area contributed by atoms with Gasteiger partial charge in [0.15, 0.2) is 0 Å². The zero-order chi connectivity index (χ0) is 10.6. The van der Waals surface area contributed by atoms with Crippen molar-refractivity contribution in [1.82, 2.24) is 10.5 Å². The molecular formula is C10H19N3O. The Morgan fingerprint density at radius 1 is 1.64 bits per heavy atom. The summed E-state index contributed by atoms with van der Waals surface area (Å²) in [5.41, 5.74) is 6.92. The van der Waals surface area contributed by atoms with E-state index in [0.717, 1.165) is 24.3 Å². The second-order valence-corrected chi connectivity index (χ2v) is 3.64. The quantitative estimate of drug-likeness (QED) is 0.748. The molecule has 0 bridgehead atoms. The lowest BCUT2D eigenvalue weighted by Crippen LogP contribution is -2.34. The highest BCUT2D eigenvalue weighted by Crippen LogP contribution is 2.15. The Kier molecular flexibility index (Phi) is 4.10. The summed E-state index contributed by atoms with van der Waals surface area (Å²) in [7, 11) is 0. The number of nitrogens with one attached hydrogen (secondary N) is 1. The second-order valence-electron chi connectivity index (χ2n) is 3.64. The molecule has 4 nitrogen and oxygen atoms in total. The van der Waals surface area contributed by atoms with Gasteiger partial charge in [-0.1, -0.05) is 12.1 Å². The van der Waals surface area contributed by atoms with Crippen LogP contribution >= 0.6 is 0 Å². The zero-order valence-corrected chi connectivity index (χ0v) is 9.08. The minimum absolute atomic E-state index is 0.220. The highest BCUT2D eigenvalue weighted by molar-refractivity contribution is 5.15. The lowest BCUT2D eigenvalue weighted by atomic mass is 10.1. The molecule has 3 N–H and O–H groups in total. The summed E-state index contributed by atoms with van der Waals surface area (Å²) in [5.74, 6) is 0.870. The Labute approximate surface area is 84.8 Å². The van der Waals surface area contributed by atoms with E-state index in [-0.39, 0.29) is 12.1 Å². The summed E-state index contributed by atoms with van der Waals surface area (Å²) in [5, 5.41) is 7.10. The Hall–Kier alpha value is -0.870. The van der Waals surface area contributed by atoms with Gasteiger partial charge in [0.25, 0.3) is 0 Å². The van der Waals surface area contributed by atoms with Crippen molar-refractivity contribution in [1.29, 1.82) is 0 Å². The minimum atomic E-state index is 0.220. The molecule has 1 rings (SSSR count). The fourth-order valence-corrected chi connectivity index (χ4v) is 1.30. The van der Waals surface area contributed by atoms with Crippen LogP contribution in [-0.4, -0.2) is 17.7 Å². The van der Waals surface area contributed by atoms with Crippen molar-refractivity contribution in [2.24, 2.45) is 5.73 Å². The van der Waals surface area contributed by atoms with Crippen LogP contribution in [0.5, 0.6) is 0 Å². The number of rotatable bonds is 5. The molecule has 0 saturated heterocycles. The first-order valence-corrected chi connectivity index (χ1v) is 5.05. The van der Waals surface area contributed by atoms with E-state index in [0.29, 0.717) is 0 Å². The lowest BCUT2D eigenvalue weighted by Gasteiger charge is -2.15. The molecule has 0 aliphatic heterocycles. The number of nitrogens with two attached hydrogens (primary N) is 1. The van der Waals surface area contributed by atoms with Crippen molar-refractivity contribution >= 4 is 0 Å². The first kappa shape index (κ1) is 11.2. The van der Waals surface area contributed by atoms with E-state index in [1.807, 2.05) is 6.92 Å². The highest BCUT2D eigenvalue weighted by atomic mass is 16.5. The smallest absolute Gasteiger partial charge is 0.138 e. The number of aryl methyl sites for hydroxylation is 1. The topological polar surface area (TPSA) is 64.1 Å². The molecule has 14 heavy (non-hydrogen) atoms. The van der Waals surface area contributed by atoms with Crippen molar-refractivity contribution in [2.75, 3.05) is 6.54 Å². The van der Waals surface area contributed by atoms with E-state index in [2.05, 4.69) is 24.3 Å². The molecule has 1 aromatic heterocycles. The van der Waals surface area contributed by atoms with Gasteiger partial charge in [0.2, 0.25) is 0 Å². The summed E-state index contributed by atoms with van der Waals surface area (Å²) in [4.78, 5) is 0. The van der Waals surface area contributed by atoms with E-state index >= 15 is 0 Å². The molecular weight excluding hydrogens is 178 g/mol. The Bertz CT molecular complexity index is 272. The first-order chi connectivity index (χ1) is 6.65. The Morgan fingerprint density at radius 2 is 2.36 bits per heavy atom.